The maximum Gasteiger partial charge on any atom is 0.303 e. The van der Waals surface area contributed by atoms with E-state index in [1.54, 1.807) is 6.92 Å². The molecule has 0 radical (unpaired) electrons. The Hall–Kier alpha value is -1.85. The number of carboxylic acid groups (broad SMARTS) is 1. The monoisotopic (exact) mass is 240 g/mol. The van der Waals surface area contributed by atoms with Crippen molar-refractivity contribution in [2.75, 3.05) is 6.54 Å². The molecule has 2 N–H and O–H groups in total. The smallest absolute Gasteiger partial charge is 0.303 e. The summed E-state index contributed by atoms with van der Waals surface area (Å²) < 4.78 is 4.80. The summed E-state index contributed by atoms with van der Waals surface area (Å²) in [7, 11) is 0. The van der Waals surface area contributed by atoms with Crippen molar-refractivity contribution in [1.29, 1.82) is 0 Å². The lowest BCUT2D eigenvalue weighted by Gasteiger charge is -2.02. The molecule has 0 spiro atoms. The Bertz CT molecular complexity index is 387. The van der Waals surface area contributed by atoms with E-state index in [4.69, 9.17) is 9.63 Å². The second-order valence-electron chi connectivity index (χ2n) is 3.80. The van der Waals surface area contributed by atoms with Gasteiger partial charge in [0.05, 0.1) is 6.20 Å². The quantitative estimate of drug-likeness (QED) is 0.702. The maximum absolute atomic E-state index is 11.5. The van der Waals surface area contributed by atoms with E-state index in [0.29, 0.717) is 18.5 Å². The average Bonchev–Trinajstić information content (AvgIpc) is 2.69. The average molecular weight is 240 g/mol. The summed E-state index contributed by atoms with van der Waals surface area (Å²) in [5.74, 6) is -0.833. The molecule has 0 saturated heterocycles. The summed E-state index contributed by atoms with van der Waals surface area (Å²) in [6, 6.07) is 0. The van der Waals surface area contributed by atoms with E-state index in [-0.39, 0.29) is 18.1 Å². The number of aliphatic carboxylic acids is 1. The first-order valence-electron chi connectivity index (χ1n) is 5.52. The summed E-state index contributed by atoms with van der Waals surface area (Å²) in [5.41, 5.74) is 0.702. The van der Waals surface area contributed by atoms with Gasteiger partial charge in [-0.2, -0.15) is 0 Å². The van der Waals surface area contributed by atoms with E-state index in [1.165, 1.54) is 6.20 Å². The van der Waals surface area contributed by atoms with Crippen molar-refractivity contribution in [3.05, 3.63) is 17.5 Å². The molecule has 94 valence electrons. The number of nitrogens with zero attached hydrogens (tertiary/aromatic N) is 1. The molecule has 6 nitrogen and oxygen atoms in total. The topological polar surface area (TPSA) is 92.4 Å². The molecule has 6 heteroatoms. The maximum atomic E-state index is 11.5. The van der Waals surface area contributed by atoms with E-state index >= 15 is 0 Å². The molecular weight excluding hydrogens is 224 g/mol. The van der Waals surface area contributed by atoms with Crippen molar-refractivity contribution >= 4 is 11.9 Å². The Labute approximate surface area is 99.0 Å². The Morgan fingerprint density at radius 2 is 2.18 bits per heavy atom. The third kappa shape index (κ3) is 4.67. The SMILES string of the molecule is Cc1cnoc1C(=O)NCCCCCC(=O)O. The molecule has 1 aromatic heterocycles. The molecule has 0 fully saturated rings. The van der Waals surface area contributed by atoms with Crippen LogP contribution >= 0.6 is 0 Å². The minimum Gasteiger partial charge on any atom is -0.481 e. The van der Waals surface area contributed by atoms with E-state index in [9.17, 15) is 9.59 Å². The highest BCUT2D eigenvalue weighted by Gasteiger charge is 2.12. The zero-order valence-electron chi connectivity index (χ0n) is 9.73. The molecule has 0 unspecified atom stereocenters. The molecule has 17 heavy (non-hydrogen) atoms. The Balaban J connectivity index is 2.13. The van der Waals surface area contributed by atoms with Crippen LogP contribution in [0.1, 0.15) is 41.8 Å². The predicted octanol–water partition coefficient (Wildman–Crippen LogP) is 1.36. The second kappa shape index (κ2) is 6.67. The fraction of sp³-hybridized carbons (Fsp3) is 0.545. The van der Waals surface area contributed by atoms with Gasteiger partial charge < -0.3 is 14.9 Å². The molecule has 0 aliphatic heterocycles. The molecule has 0 aliphatic rings. The van der Waals surface area contributed by atoms with Gasteiger partial charge in [-0.1, -0.05) is 11.6 Å². The predicted molar refractivity (Wildman–Crippen MR) is 59.7 cm³/mol. The van der Waals surface area contributed by atoms with Crippen molar-refractivity contribution < 1.29 is 19.2 Å². The normalized spacial score (nSPS) is 10.2. The number of rotatable bonds is 7. The number of aryl methyl sites for hydroxylation is 1. The van der Waals surface area contributed by atoms with E-state index in [2.05, 4.69) is 10.5 Å². The Morgan fingerprint density at radius 3 is 2.76 bits per heavy atom. The van der Waals surface area contributed by atoms with Gasteiger partial charge >= 0.3 is 5.97 Å². The Morgan fingerprint density at radius 1 is 1.41 bits per heavy atom. The first kappa shape index (κ1) is 13.2. The first-order chi connectivity index (χ1) is 8.11. The van der Waals surface area contributed by atoms with Crippen LogP contribution in [0.3, 0.4) is 0 Å². The molecule has 1 amide bonds. The summed E-state index contributed by atoms with van der Waals surface area (Å²) >= 11 is 0. The van der Waals surface area contributed by atoms with Gasteiger partial charge in [-0.15, -0.1) is 0 Å². The van der Waals surface area contributed by atoms with Crippen molar-refractivity contribution in [2.45, 2.75) is 32.6 Å². The number of unbranched alkanes of at least 4 members (excludes halogenated alkanes) is 2. The van der Waals surface area contributed by atoms with Gasteiger partial charge in [-0.05, 0) is 19.8 Å². The largest absolute Gasteiger partial charge is 0.481 e. The van der Waals surface area contributed by atoms with Gasteiger partial charge in [0.2, 0.25) is 5.76 Å². The van der Waals surface area contributed by atoms with Crippen LogP contribution in [0.4, 0.5) is 0 Å². The zero-order valence-corrected chi connectivity index (χ0v) is 9.73. The van der Waals surface area contributed by atoms with Gasteiger partial charge in [0.1, 0.15) is 0 Å². The number of carbonyl (C=O) groups excluding carboxylic acids is 1. The van der Waals surface area contributed by atoms with E-state index < -0.39 is 5.97 Å². The number of amides is 1. The summed E-state index contributed by atoms with van der Waals surface area (Å²) in [5, 5.41) is 14.6. The third-order valence-electron chi connectivity index (χ3n) is 2.31. The standard InChI is InChI=1S/C11H16N2O4/c1-8-7-13-17-10(8)11(16)12-6-4-2-3-5-9(14)15/h7H,2-6H2,1H3,(H,12,16)(H,14,15). The number of carbonyl (C=O) groups is 2. The van der Waals surface area contributed by atoms with Crippen molar-refractivity contribution in [1.82, 2.24) is 10.5 Å². The van der Waals surface area contributed by atoms with E-state index in [0.717, 1.165) is 12.8 Å². The number of carboxylic acids is 1. The summed E-state index contributed by atoms with van der Waals surface area (Å²) in [4.78, 5) is 21.8. The molecule has 1 aromatic rings. The molecule has 0 atom stereocenters. The molecule has 1 heterocycles. The lowest BCUT2D eigenvalue weighted by molar-refractivity contribution is -0.137. The first-order valence-corrected chi connectivity index (χ1v) is 5.52. The van der Waals surface area contributed by atoms with Gasteiger partial charge in [0.25, 0.3) is 5.91 Å². The minimum atomic E-state index is -0.786. The van der Waals surface area contributed by atoms with Crippen molar-refractivity contribution in [3.63, 3.8) is 0 Å². The molecule has 0 aliphatic carbocycles. The van der Waals surface area contributed by atoms with Crippen LogP contribution in [0, 0.1) is 6.92 Å². The van der Waals surface area contributed by atoms with Crippen LogP contribution < -0.4 is 5.32 Å². The third-order valence-corrected chi connectivity index (χ3v) is 2.31. The number of nitrogens with one attached hydrogen (secondary N) is 1. The number of aromatic nitrogens is 1. The lowest BCUT2D eigenvalue weighted by Crippen LogP contribution is -2.24. The van der Waals surface area contributed by atoms with Crippen molar-refractivity contribution in [3.8, 4) is 0 Å². The van der Waals surface area contributed by atoms with Gasteiger partial charge in [0.15, 0.2) is 0 Å². The van der Waals surface area contributed by atoms with E-state index in [1.807, 2.05) is 0 Å². The van der Waals surface area contributed by atoms with Gasteiger partial charge in [0, 0.05) is 18.5 Å². The zero-order chi connectivity index (χ0) is 12.7. The van der Waals surface area contributed by atoms with Crippen LogP contribution in [0.5, 0.6) is 0 Å². The number of hydrogen-bond donors (Lipinski definition) is 2. The van der Waals surface area contributed by atoms with Crippen LogP contribution in [0.15, 0.2) is 10.7 Å². The molecule has 0 bridgehead atoms. The molecular formula is C11H16N2O4. The molecule has 0 aromatic carbocycles. The number of hydrogen-bond acceptors (Lipinski definition) is 4. The second-order valence-corrected chi connectivity index (χ2v) is 3.80. The van der Waals surface area contributed by atoms with Gasteiger partial charge in [-0.25, -0.2) is 0 Å². The van der Waals surface area contributed by atoms with Crippen LogP contribution in [0.25, 0.3) is 0 Å². The highest BCUT2D eigenvalue weighted by molar-refractivity contribution is 5.92. The lowest BCUT2D eigenvalue weighted by atomic mass is 10.2. The Kier molecular flexibility index (Phi) is 5.19. The summed E-state index contributed by atoms with van der Waals surface area (Å²) in [6.07, 6.45) is 3.83. The summed E-state index contributed by atoms with van der Waals surface area (Å²) in [6.45, 7) is 2.26. The van der Waals surface area contributed by atoms with Crippen LogP contribution in [-0.2, 0) is 4.79 Å². The molecule has 0 saturated carbocycles. The highest BCUT2D eigenvalue weighted by Crippen LogP contribution is 2.05. The minimum absolute atomic E-state index is 0.176. The highest BCUT2D eigenvalue weighted by atomic mass is 16.5. The fourth-order valence-corrected chi connectivity index (χ4v) is 1.37. The van der Waals surface area contributed by atoms with Crippen LogP contribution in [-0.4, -0.2) is 28.7 Å². The molecule has 1 rings (SSSR count). The van der Waals surface area contributed by atoms with Crippen molar-refractivity contribution in [2.24, 2.45) is 0 Å². The van der Waals surface area contributed by atoms with Crippen LogP contribution in [0.2, 0.25) is 0 Å². The van der Waals surface area contributed by atoms with Gasteiger partial charge in [-0.3, -0.25) is 9.59 Å². The fourth-order valence-electron chi connectivity index (χ4n) is 1.37.